The summed E-state index contributed by atoms with van der Waals surface area (Å²) in [5, 5.41) is 0. The van der Waals surface area contributed by atoms with Crippen LogP contribution < -0.4 is 9.47 Å². The van der Waals surface area contributed by atoms with Gasteiger partial charge in [0.1, 0.15) is 17.2 Å². The Kier molecular flexibility index (Phi) is 3.32. The third-order valence-electron chi connectivity index (χ3n) is 2.30. The second kappa shape index (κ2) is 5.09. The number of hydrogen-bond donors (Lipinski definition) is 0. The molecule has 17 heavy (non-hydrogen) atoms. The van der Waals surface area contributed by atoms with Crippen molar-refractivity contribution in [2.45, 2.75) is 0 Å². The van der Waals surface area contributed by atoms with Gasteiger partial charge in [-0.15, -0.1) is 6.42 Å². The van der Waals surface area contributed by atoms with Crippen LogP contribution in [0.25, 0.3) is 0 Å². The van der Waals surface area contributed by atoms with Gasteiger partial charge in [0.25, 0.3) is 0 Å². The SMILES string of the molecule is C#Cc1ccc(Oc2cccc(OC)c2)cc1. The van der Waals surface area contributed by atoms with E-state index in [0.29, 0.717) is 0 Å². The lowest BCUT2D eigenvalue weighted by Crippen LogP contribution is -1.86. The summed E-state index contributed by atoms with van der Waals surface area (Å²) in [4.78, 5) is 0. The Balaban J connectivity index is 2.16. The number of hydrogen-bond acceptors (Lipinski definition) is 2. The molecule has 2 nitrogen and oxygen atoms in total. The topological polar surface area (TPSA) is 18.5 Å². The first kappa shape index (κ1) is 11.1. The van der Waals surface area contributed by atoms with Gasteiger partial charge in [-0.05, 0) is 36.4 Å². The minimum absolute atomic E-state index is 0.734. The predicted octanol–water partition coefficient (Wildman–Crippen LogP) is 3.47. The molecule has 0 atom stereocenters. The summed E-state index contributed by atoms with van der Waals surface area (Å²) in [5.74, 6) is 4.81. The van der Waals surface area contributed by atoms with Crippen LogP contribution in [0.4, 0.5) is 0 Å². The van der Waals surface area contributed by atoms with Crippen molar-refractivity contribution < 1.29 is 9.47 Å². The van der Waals surface area contributed by atoms with Crippen LogP contribution in [-0.2, 0) is 0 Å². The van der Waals surface area contributed by atoms with Crippen LogP contribution in [0.3, 0.4) is 0 Å². The lowest BCUT2D eigenvalue weighted by molar-refractivity contribution is 0.409. The van der Waals surface area contributed by atoms with Crippen molar-refractivity contribution in [2.24, 2.45) is 0 Å². The van der Waals surface area contributed by atoms with E-state index in [2.05, 4.69) is 5.92 Å². The van der Waals surface area contributed by atoms with Crippen LogP contribution in [0.1, 0.15) is 5.56 Å². The van der Waals surface area contributed by atoms with Crippen LogP contribution in [-0.4, -0.2) is 7.11 Å². The predicted molar refractivity (Wildman–Crippen MR) is 67.4 cm³/mol. The summed E-state index contributed by atoms with van der Waals surface area (Å²) in [6.07, 6.45) is 5.28. The van der Waals surface area contributed by atoms with Gasteiger partial charge >= 0.3 is 0 Å². The molecule has 0 heterocycles. The molecule has 0 N–H and O–H groups in total. The van der Waals surface area contributed by atoms with Gasteiger partial charge in [-0.25, -0.2) is 0 Å². The van der Waals surface area contributed by atoms with Gasteiger partial charge in [0.15, 0.2) is 0 Å². The second-order valence-corrected chi connectivity index (χ2v) is 3.45. The molecule has 0 unspecified atom stereocenters. The van der Waals surface area contributed by atoms with Crippen LogP contribution in [0.15, 0.2) is 48.5 Å². The lowest BCUT2D eigenvalue weighted by Gasteiger charge is -2.07. The first-order chi connectivity index (χ1) is 8.31. The van der Waals surface area contributed by atoms with Gasteiger partial charge in [0.2, 0.25) is 0 Å². The van der Waals surface area contributed by atoms with Crippen molar-refractivity contribution in [3.8, 4) is 29.6 Å². The second-order valence-electron chi connectivity index (χ2n) is 3.45. The Morgan fingerprint density at radius 1 is 0.941 bits per heavy atom. The van der Waals surface area contributed by atoms with E-state index >= 15 is 0 Å². The minimum Gasteiger partial charge on any atom is -0.497 e. The Morgan fingerprint density at radius 3 is 2.29 bits per heavy atom. The monoisotopic (exact) mass is 224 g/mol. The van der Waals surface area contributed by atoms with Gasteiger partial charge in [-0.3, -0.25) is 0 Å². The van der Waals surface area contributed by atoms with Crippen molar-refractivity contribution >= 4 is 0 Å². The molecule has 0 saturated heterocycles. The van der Waals surface area contributed by atoms with Crippen LogP contribution in [0.2, 0.25) is 0 Å². The number of benzene rings is 2. The summed E-state index contributed by atoms with van der Waals surface area (Å²) in [6.45, 7) is 0. The van der Waals surface area contributed by atoms with Gasteiger partial charge < -0.3 is 9.47 Å². The van der Waals surface area contributed by atoms with Crippen LogP contribution in [0, 0.1) is 12.3 Å². The highest BCUT2D eigenvalue weighted by molar-refractivity contribution is 5.40. The number of methoxy groups -OCH3 is 1. The average Bonchev–Trinajstić information content (AvgIpc) is 2.40. The summed E-state index contributed by atoms with van der Waals surface area (Å²) >= 11 is 0. The average molecular weight is 224 g/mol. The van der Waals surface area contributed by atoms with E-state index in [4.69, 9.17) is 15.9 Å². The quantitative estimate of drug-likeness (QED) is 0.743. The fourth-order valence-electron chi connectivity index (χ4n) is 1.42. The lowest BCUT2D eigenvalue weighted by atomic mass is 10.2. The summed E-state index contributed by atoms with van der Waals surface area (Å²) in [7, 11) is 1.63. The first-order valence-corrected chi connectivity index (χ1v) is 5.20. The van der Waals surface area contributed by atoms with Crippen LogP contribution >= 0.6 is 0 Å². The molecule has 84 valence electrons. The standard InChI is InChI=1S/C15H12O2/c1-3-12-7-9-13(10-8-12)17-15-6-4-5-14(11-15)16-2/h1,4-11H,2H3. The van der Waals surface area contributed by atoms with Crippen LogP contribution in [0.5, 0.6) is 17.2 Å². The number of rotatable bonds is 3. The fourth-order valence-corrected chi connectivity index (χ4v) is 1.42. The Hall–Kier alpha value is -2.40. The summed E-state index contributed by atoms with van der Waals surface area (Å²) in [6, 6.07) is 14.8. The molecular formula is C15H12O2. The molecule has 2 heteroatoms. The smallest absolute Gasteiger partial charge is 0.131 e. The zero-order valence-corrected chi connectivity index (χ0v) is 9.51. The molecule has 0 spiro atoms. The van der Waals surface area contributed by atoms with E-state index in [9.17, 15) is 0 Å². The molecule has 2 aromatic rings. The highest BCUT2D eigenvalue weighted by Gasteiger charge is 1.98. The maximum Gasteiger partial charge on any atom is 0.131 e. The molecule has 0 saturated carbocycles. The number of ether oxygens (including phenoxy) is 2. The maximum atomic E-state index is 5.67. The van der Waals surface area contributed by atoms with Crippen molar-refractivity contribution in [3.05, 3.63) is 54.1 Å². The Bertz CT molecular complexity index is 536. The van der Waals surface area contributed by atoms with E-state index in [1.165, 1.54) is 0 Å². The zero-order chi connectivity index (χ0) is 12.1. The van der Waals surface area contributed by atoms with E-state index in [-0.39, 0.29) is 0 Å². The molecular weight excluding hydrogens is 212 g/mol. The molecule has 0 bridgehead atoms. The molecule has 0 aliphatic rings. The normalized spacial score (nSPS) is 9.41. The van der Waals surface area contributed by atoms with E-state index in [0.717, 1.165) is 22.8 Å². The summed E-state index contributed by atoms with van der Waals surface area (Å²) in [5.41, 5.74) is 0.836. The molecule has 0 radical (unpaired) electrons. The molecule has 0 aliphatic heterocycles. The first-order valence-electron chi connectivity index (χ1n) is 5.20. The maximum absolute atomic E-state index is 5.67. The highest BCUT2D eigenvalue weighted by atomic mass is 16.5. The van der Waals surface area contributed by atoms with Gasteiger partial charge in [-0.1, -0.05) is 12.0 Å². The third kappa shape index (κ3) is 2.79. The molecule has 2 aromatic carbocycles. The zero-order valence-electron chi connectivity index (χ0n) is 9.51. The molecule has 0 aromatic heterocycles. The minimum atomic E-state index is 0.734. The third-order valence-corrected chi connectivity index (χ3v) is 2.30. The molecule has 0 amide bonds. The number of terminal acetylenes is 1. The van der Waals surface area contributed by atoms with Crippen molar-refractivity contribution in [2.75, 3.05) is 7.11 Å². The molecule has 0 fully saturated rings. The van der Waals surface area contributed by atoms with Gasteiger partial charge in [0.05, 0.1) is 7.11 Å². The summed E-state index contributed by atoms with van der Waals surface area (Å²) < 4.78 is 10.8. The molecule has 0 aliphatic carbocycles. The van der Waals surface area contributed by atoms with Crippen molar-refractivity contribution in [1.29, 1.82) is 0 Å². The van der Waals surface area contributed by atoms with Crippen molar-refractivity contribution in [1.82, 2.24) is 0 Å². The van der Waals surface area contributed by atoms with Gasteiger partial charge in [0, 0.05) is 11.6 Å². The Labute approximate surface area is 101 Å². The van der Waals surface area contributed by atoms with E-state index < -0.39 is 0 Å². The van der Waals surface area contributed by atoms with E-state index in [1.807, 2.05) is 48.5 Å². The highest BCUT2D eigenvalue weighted by Crippen LogP contribution is 2.25. The fraction of sp³-hybridized carbons (Fsp3) is 0.0667. The Morgan fingerprint density at radius 2 is 1.65 bits per heavy atom. The van der Waals surface area contributed by atoms with E-state index in [1.54, 1.807) is 7.11 Å². The molecule has 2 rings (SSSR count). The van der Waals surface area contributed by atoms with Crippen molar-refractivity contribution in [3.63, 3.8) is 0 Å². The van der Waals surface area contributed by atoms with Gasteiger partial charge in [-0.2, -0.15) is 0 Å². The largest absolute Gasteiger partial charge is 0.497 e.